The summed E-state index contributed by atoms with van der Waals surface area (Å²) in [5, 5.41) is 19.0. The summed E-state index contributed by atoms with van der Waals surface area (Å²) < 4.78 is 0. The van der Waals surface area contributed by atoms with Crippen molar-refractivity contribution in [3.63, 3.8) is 0 Å². The average Bonchev–Trinajstić information content (AvgIpc) is 2.12. The number of rotatable bonds is 4. The van der Waals surface area contributed by atoms with Crippen molar-refractivity contribution in [2.45, 2.75) is 0 Å². The molecular weight excluding hydrogens is 248 g/mol. The van der Waals surface area contributed by atoms with Crippen LogP contribution in [0.5, 0.6) is 0 Å². The number of hydrogen-bond acceptors (Lipinski definition) is 4. The van der Waals surface area contributed by atoms with Crippen molar-refractivity contribution < 1.29 is 36.9 Å². The van der Waals surface area contributed by atoms with Crippen molar-refractivity contribution in [3.05, 3.63) is 49.6 Å². The minimum Gasteiger partial charge on any atom is -0.545 e. The van der Waals surface area contributed by atoms with Gasteiger partial charge in [0.2, 0.25) is 0 Å². The van der Waals surface area contributed by atoms with Gasteiger partial charge in [0.15, 0.2) is 0 Å². The van der Waals surface area contributed by atoms with E-state index in [0.717, 1.165) is 12.2 Å². The van der Waals surface area contributed by atoms with Crippen molar-refractivity contribution in [1.82, 2.24) is 0 Å². The van der Waals surface area contributed by atoms with Gasteiger partial charge in [-0.25, -0.2) is 0 Å². The monoisotopic (exact) mass is 257 g/mol. The Morgan fingerprint density at radius 1 is 0.867 bits per heavy atom. The predicted octanol–water partition coefficient (Wildman–Crippen LogP) is -1.05. The Morgan fingerprint density at radius 3 is 1.20 bits per heavy atom. The molecule has 0 amide bonds. The summed E-state index contributed by atoms with van der Waals surface area (Å²) in [5.74, 6) is -2.39. The van der Waals surface area contributed by atoms with Crippen LogP contribution in [0.1, 0.15) is 0 Å². The maximum Gasteiger partial charge on any atom is 2.00 e. The molecule has 4 nitrogen and oxygen atoms in total. The number of carboxylic acid groups (broad SMARTS) is 2. The summed E-state index contributed by atoms with van der Waals surface area (Å²) in [5.41, 5.74) is 0. The number of allylic oxidation sites excluding steroid dienone is 4. The van der Waals surface area contributed by atoms with Gasteiger partial charge in [0, 0.05) is 0 Å². The molecule has 0 N–H and O–H groups in total. The molecule has 0 aliphatic carbocycles. The Balaban J connectivity index is -0.000000180. The van der Waals surface area contributed by atoms with E-state index in [-0.39, 0.29) is 17.1 Å². The van der Waals surface area contributed by atoms with E-state index in [4.69, 9.17) is 0 Å². The van der Waals surface area contributed by atoms with Gasteiger partial charge < -0.3 is 19.8 Å². The Morgan fingerprint density at radius 2 is 1.13 bits per heavy atom. The van der Waals surface area contributed by atoms with Gasteiger partial charge in [-0.15, -0.1) is 0 Å². The van der Waals surface area contributed by atoms with Crippen molar-refractivity contribution in [1.29, 1.82) is 0 Å². The smallest absolute Gasteiger partial charge is 0.545 e. The summed E-state index contributed by atoms with van der Waals surface area (Å²) in [4.78, 5) is 19.0. The van der Waals surface area contributed by atoms with Crippen LogP contribution >= 0.6 is 0 Å². The van der Waals surface area contributed by atoms with Crippen LogP contribution in [0.15, 0.2) is 49.6 Å². The molecular formula is C10H10CuO4. The van der Waals surface area contributed by atoms with Crippen molar-refractivity contribution in [3.8, 4) is 0 Å². The Bertz CT molecular complexity index is 239. The molecule has 0 heterocycles. The molecule has 0 fully saturated rings. The molecule has 0 saturated heterocycles. The predicted molar refractivity (Wildman–Crippen MR) is 48.7 cm³/mol. The van der Waals surface area contributed by atoms with Crippen LogP contribution in [-0.2, 0) is 26.7 Å². The number of aliphatic carboxylic acids is 2. The van der Waals surface area contributed by atoms with Gasteiger partial charge in [-0.3, -0.25) is 0 Å². The maximum absolute atomic E-state index is 9.51. The van der Waals surface area contributed by atoms with Crippen molar-refractivity contribution >= 4 is 11.9 Å². The third-order valence-corrected chi connectivity index (χ3v) is 0.737. The van der Waals surface area contributed by atoms with Crippen LogP contribution in [0, 0.1) is 0 Å². The molecule has 0 saturated carbocycles. The van der Waals surface area contributed by atoms with Crippen molar-refractivity contribution in [2.24, 2.45) is 0 Å². The number of hydrogen-bond donors (Lipinski definition) is 0. The minimum atomic E-state index is -1.19. The zero-order valence-electron chi connectivity index (χ0n) is 7.81. The molecule has 15 heavy (non-hydrogen) atoms. The van der Waals surface area contributed by atoms with E-state index in [1.54, 1.807) is 0 Å². The van der Waals surface area contributed by atoms with E-state index < -0.39 is 11.9 Å². The summed E-state index contributed by atoms with van der Waals surface area (Å²) in [7, 11) is 0. The summed E-state index contributed by atoms with van der Waals surface area (Å²) in [6.07, 6.45) is 7.16. The van der Waals surface area contributed by atoms with Gasteiger partial charge in [0.1, 0.15) is 0 Å². The van der Waals surface area contributed by atoms with Crippen LogP contribution in [0.4, 0.5) is 0 Å². The third-order valence-electron chi connectivity index (χ3n) is 0.737. The van der Waals surface area contributed by atoms with Gasteiger partial charge in [-0.2, -0.15) is 0 Å². The number of carbonyl (C=O) groups excluding carboxylic acids is 2. The van der Waals surface area contributed by atoms with Crippen LogP contribution in [0.2, 0.25) is 0 Å². The fourth-order valence-electron chi connectivity index (χ4n) is 0.293. The first-order valence-electron chi connectivity index (χ1n) is 3.54. The molecule has 0 rings (SSSR count). The second-order valence-electron chi connectivity index (χ2n) is 1.83. The topological polar surface area (TPSA) is 80.3 Å². The molecule has 0 bridgehead atoms. The second-order valence-corrected chi connectivity index (χ2v) is 1.83. The fraction of sp³-hybridized carbons (Fsp3) is 0. The van der Waals surface area contributed by atoms with Gasteiger partial charge in [-0.05, 0) is 12.2 Å². The zero-order chi connectivity index (χ0) is 11.4. The SMILES string of the molecule is C=C/C=C/C(=O)[O-].C=C/C=C/C(=O)[O-].[Cu+2]. The average molecular weight is 258 g/mol. The van der Waals surface area contributed by atoms with E-state index in [0.29, 0.717) is 0 Å². The Labute approximate surface area is 98.8 Å². The van der Waals surface area contributed by atoms with Crippen LogP contribution in [0.3, 0.4) is 0 Å². The molecule has 1 radical (unpaired) electrons. The van der Waals surface area contributed by atoms with E-state index in [1.807, 2.05) is 0 Å². The molecule has 0 aromatic carbocycles. The Kier molecular flexibility index (Phi) is 19.0. The molecule has 85 valence electrons. The van der Waals surface area contributed by atoms with Gasteiger partial charge in [-0.1, -0.05) is 37.5 Å². The number of carbonyl (C=O) groups is 2. The molecule has 0 aromatic rings. The van der Waals surface area contributed by atoms with Crippen LogP contribution < -0.4 is 10.2 Å². The first-order chi connectivity index (χ1) is 6.54. The standard InChI is InChI=1S/2C5H6O2.Cu/c2*1-2-3-4-5(6)7;/h2*2-4H,1H2,(H,6,7);/q;;+2/p-2/b2*4-3+;. The number of carboxylic acids is 2. The first kappa shape index (κ1) is 19.1. The van der Waals surface area contributed by atoms with Crippen LogP contribution in [0.25, 0.3) is 0 Å². The fourth-order valence-corrected chi connectivity index (χ4v) is 0.293. The molecule has 0 unspecified atom stereocenters. The van der Waals surface area contributed by atoms with E-state index in [1.165, 1.54) is 24.3 Å². The largest absolute Gasteiger partial charge is 2.00 e. The van der Waals surface area contributed by atoms with Gasteiger partial charge in [0.25, 0.3) is 0 Å². The van der Waals surface area contributed by atoms with Gasteiger partial charge >= 0.3 is 17.1 Å². The molecule has 5 heteroatoms. The van der Waals surface area contributed by atoms with Crippen molar-refractivity contribution in [2.75, 3.05) is 0 Å². The molecule has 0 atom stereocenters. The Hall–Kier alpha value is -1.58. The van der Waals surface area contributed by atoms with Crippen LogP contribution in [-0.4, -0.2) is 11.9 Å². The molecule has 0 spiro atoms. The summed E-state index contributed by atoms with van der Waals surface area (Å²) in [6.45, 7) is 6.51. The quantitative estimate of drug-likeness (QED) is 0.366. The zero-order valence-corrected chi connectivity index (χ0v) is 8.75. The summed E-state index contributed by atoms with van der Waals surface area (Å²) >= 11 is 0. The first-order valence-corrected chi connectivity index (χ1v) is 3.54. The van der Waals surface area contributed by atoms with E-state index >= 15 is 0 Å². The third kappa shape index (κ3) is 32.7. The maximum atomic E-state index is 9.51. The molecule has 0 aliphatic heterocycles. The molecule has 0 aliphatic rings. The summed E-state index contributed by atoms with van der Waals surface area (Å²) in [6, 6.07) is 0. The minimum absolute atomic E-state index is 0. The van der Waals surface area contributed by atoms with E-state index in [9.17, 15) is 19.8 Å². The normalized spacial score (nSPS) is 8.53. The second kappa shape index (κ2) is 14.9. The van der Waals surface area contributed by atoms with Gasteiger partial charge in [0.05, 0.1) is 11.9 Å². The van der Waals surface area contributed by atoms with E-state index in [2.05, 4.69) is 13.2 Å². The molecule has 0 aromatic heterocycles.